The fourth-order valence-electron chi connectivity index (χ4n) is 1.48. The van der Waals surface area contributed by atoms with Crippen LogP contribution in [0.1, 0.15) is 40.0 Å². The van der Waals surface area contributed by atoms with Crippen LogP contribution in [-0.2, 0) is 0 Å². The third kappa shape index (κ3) is 7.49. The van der Waals surface area contributed by atoms with E-state index in [1.165, 1.54) is 16.7 Å². The van der Waals surface area contributed by atoms with Gasteiger partial charge in [-0.15, -0.1) is 25.6 Å². The zero-order chi connectivity index (χ0) is 11.0. The lowest BCUT2D eigenvalue weighted by Gasteiger charge is -2.09. The molecule has 3 N–H and O–H groups in total. The van der Waals surface area contributed by atoms with Gasteiger partial charge in [0.05, 0.1) is 0 Å². The van der Waals surface area contributed by atoms with E-state index >= 15 is 0 Å². The molecule has 16 heavy (non-hydrogen) atoms. The van der Waals surface area contributed by atoms with Crippen molar-refractivity contribution in [2.24, 2.45) is 0 Å². The molecule has 2 heteroatoms. The summed E-state index contributed by atoms with van der Waals surface area (Å²) < 4.78 is 0. The largest absolute Gasteiger partial charge is 0.344 e. The molecule has 0 heterocycles. The van der Waals surface area contributed by atoms with Gasteiger partial charge in [0.2, 0.25) is 0 Å². The van der Waals surface area contributed by atoms with Gasteiger partial charge in [-0.05, 0) is 38.7 Å². The Morgan fingerprint density at radius 2 is 1.50 bits per heavy atom. The fraction of sp³-hybridized carbons (Fsp3) is 0.429. The molecule has 0 aromatic rings. The van der Waals surface area contributed by atoms with Crippen LogP contribution >= 0.6 is 12.4 Å². The maximum atomic E-state index is 3.78. The molecule has 94 valence electrons. The van der Waals surface area contributed by atoms with E-state index in [2.05, 4.69) is 40.0 Å². The van der Waals surface area contributed by atoms with Gasteiger partial charge in [-0.25, -0.2) is 0 Å². The summed E-state index contributed by atoms with van der Waals surface area (Å²) in [5.74, 6) is 0. The zero-order valence-corrected chi connectivity index (χ0v) is 11.7. The van der Waals surface area contributed by atoms with Crippen LogP contribution in [0, 0.1) is 0 Å². The minimum atomic E-state index is 0. The molecule has 0 atom stereocenters. The number of rotatable bonds is 6. The highest BCUT2D eigenvalue weighted by atomic mass is 35.5. The molecule has 1 nitrogen and oxygen atoms in total. The second-order valence-electron chi connectivity index (χ2n) is 3.51. The van der Waals surface area contributed by atoms with Gasteiger partial charge in [0.25, 0.3) is 0 Å². The molecule has 0 radical (unpaired) electrons. The van der Waals surface area contributed by atoms with Crippen LogP contribution in [-0.4, -0.2) is 0 Å². The summed E-state index contributed by atoms with van der Waals surface area (Å²) in [6.07, 6.45) is 9.21. The van der Waals surface area contributed by atoms with E-state index in [9.17, 15) is 0 Å². The molecule has 0 saturated carbocycles. The minimum Gasteiger partial charge on any atom is -0.344 e. The Labute approximate surface area is 107 Å². The van der Waals surface area contributed by atoms with Gasteiger partial charge in [-0.2, -0.15) is 0 Å². The van der Waals surface area contributed by atoms with Crippen LogP contribution < -0.4 is 6.15 Å². The monoisotopic (exact) mass is 243 g/mol. The normalized spacial score (nSPS) is 9.56. The van der Waals surface area contributed by atoms with Crippen LogP contribution in [0.25, 0.3) is 0 Å². The van der Waals surface area contributed by atoms with Crippen LogP contribution in [0.3, 0.4) is 0 Å². The average Bonchev–Trinajstić information content (AvgIpc) is 2.17. The molecular weight excluding hydrogens is 218 g/mol. The van der Waals surface area contributed by atoms with E-state index in [4.69, 9.17) is 0 Å². The molecule has 0 aromatic carbocycles. The summed E-state index contributed by atoms with van der Waals surface area (Å²) in [6.45, 7) is 14.1. The van der Waals surface area contributed by atoms with Crippen LogP contribution in [0.4, 0.5) is 0 Å². The Balaban J connectivity index is -0.000000845. The Hall–Kier alpha value is -0.790. The lowest BCUT2D eigenvalue weighted by atomic mass is 9.97. The summed E-state index contributed by atoms with van der Waals surface area (Å²) in [7, 11) is 0. The van der Waals surface area contributed by atoms with Crippen molar-refractivity contribution in [1.29, 1.82) is 0 Å². The van der Waals surface area contributed by atoms with Gasteiger partial charge in [0.15, 0.2) is 0 Å². The lowest BCUT2D eigenvalue weighted by molar-refractivity contribution is 1.05. The quantitative estimate of drug-likeness (QED) is 0.492. The van der Waals surface area contributed by atoms with E-state index in [0.29, 0.717) is 0 Å². The van der Waals surface area contributed by atoms with E-state index in [1.807, 2.05) is 12.2 Å². The zero-order valence-electron chi connectivity index (χ0n) is 10.9. The van der Waals surface area contributed by atoms with E-state index in [1.54, 1.807) is 0 Å². The number of allylic oxidation sites excluding steroid dienone is 6. The summed E-state index contributed by atoms with van der Waals surface area (Å²) in [6, 6.07) is 0. The van der Waals surface area contributed by atoms with Crippen LogP contribution in [0.2, 0.25) is 0 Å². The molecular formula is C14H26ClN. The van der Waals surface area contributed by atoms with Crippen molar-refractivity contribution in [2.45, 2.75) is 40.0 Å². The van der Waals surface area contributed by atoms with Crippen LogP contribution in [0.15, 0.2) is 48.1 Å². The van der Waals surface area contributed by atoms with Crippen molar-refractivity contribution in [2.75, 3.05) is 0 Å². The highest BCUT2D eigenvalue weighted by Gasteiger charge is 2.00. The first-order valence-corrected chi connectivity index (χ1v) is 5.24. The predicted molar refractivity (Wildman–Crippen MR) is 78.6 cm³/mol. The van der Waals surface area contributed by atoms with Crippen LogP contribution in [0.5, 0.6) is 0 Å². The maximum Gasteiger partial charge on any atom is -0.0133 e. The molecule has 0 saturated heterocycles. The molecule has 0 fully saturated rings. The van der Waals surface area contributed by atoms with Crippen molar-refractivity contribution < 1.29 is 0 Å². The first-order valence-electron chi connectivity index (χ1n) is 5.24. The van der Waals surface area contributed by atoms with Crippen molar-refractivity contribution in [3.63, 3.8) is 0 Å². The predicted octanol–water partition coefficient (Wildman–Crippen LogP) is 5.40. The summed E-state index contributed by atoms with van der Waals surface area (Å²) in [4.78, 5) is 0. The summed E-state index contributed by atoms with van der Waals surface area (Å²) in [5.41, 5.74) is 4.20. The van der Waals surface area contributed by atoms with Crippen molar-refractivity contribution >= 4 is 12.4 Å². The highest BCUT2D eigenvalue weighted by molar-refractivity contribution is 5.85. The third-order valence-electron chi connectivity index (χ3n) is 2.41. The van der Waals surface area contributed by atoms with Crippen molar-refractivity contribution in [3.8, 4) is 0 Å². The second kappa shape index (κ2) is 12.3. The topological polar surface area (TPSA) is 35.0 Å². The standard InChI is InChI=1S/C14H22.ClH.H3N/c1-6-9-12(4)13(5)14(10-7-2)11-8-3;;/h7-9H,2-3,6,10-11H2,1,4-5H3;1H;1H3. The van der Waals surface area contributed by atoms with Crippen molar-refractivity contribution in [3.05, 3.63) is 48.1 Å². The summed E-state index contributed by atoms with van der Waals surface area (Å²) in [5, 5.41) is 0. The summed E-state index contributed by atoms with van der Waals surface area (Å²) >= 11 is 0. The van der Waals surface area contributed by atoms with Crippen molar-refractivity contribution in [1.82, 2.24) is 6.15 Å². The molecule has 0 aromatic heterocycles. The molecule has 0 unspecified atom stereocenters. The smallest absolute Gasteiger partial charge is 0.0133 e. The molecule has 0 aliphatic heterocycles. The third-order valence-corrected chi connectivity index (χ3v) is 2.41. The van der Waals surface area contributed by atoms with E-state index in [0.717, 1.165) is 19.3 Å². The van der Waals surface area contributed by atoms with Gasteiger partial charge < -0.3 is 6.15 Å². The SMILES string of the molecule is C=CCC(CC=C)=C(C)C(C)=CCC.Cl.N. The average molecular weight is 244 g/mol. The first kappa shape index (κ1) is 20.6. The molecule has 0 spiro atoms. The van der Waals surface area contributed by atoms with E-state index < -0.39 is 0 Å². The fourth-order valence-corrected chi connectivity index (χ4v) is 1.48. The van der Waals surface area contributed by atoms with Gasteiger partial charge in [0.1, 0.15) is 0 Å². The Kier molecular flexibility index (Phi) is 15.8. The number of hydrogen-bond donors (Lipinski definition) is 1. The minimum absolute atomic E-state index is 0. The van der Waals surface area contributed by atoms with Gasteiger partial charge in [-0.1, -0.05) is 36.3 Å². The molecule has 0 aliphatic rings. The number of halogens is 1. The van der Waals surface area contributed by atoms with E-state index in [-0.39, 0.29) is 18.6 Å². The molecule has 0 amide bonds. The second-order valence-corrected chi connectivity index (χ2v) is 3.51. The maximum absolute atomic E-state index is 3.78. The Bertz CT molecular complexity index is 250. The Morgan fingerprint density at radius 3 is 1.81 bits per heavy atom. The lowest BCUT2D eigenvalue weighted by Crippen LogP contribution is -1.89. The highest BCUT2D eigenvalue weighted by Crippen LogP contribution is 2.20. The van der Waals surface area contributed by atoms with Gasteiger partial charge in [-0.3, -0.25) is 0 Å². The van der Waals surface area contributed by atoms with Gasteiger partial charge in [0, 0.05) is 0 Å². The molecule has 0 rings (SSSR count). The van der Waals surface area contributed by atoms with Gasteiger partial charge >= 0.3 is 0 Å². The Morgan fingerprint density at radius 1 is 1.06 bits per heavy atom. The molecule has 0 bridgehead atoms. The first-order chi connectivity index (χ1) is 6.67. The molecule has 0 aliphatic carbocycles. The number of hydrogen-bond acceptors (Lipinski definition) is 1.